The molecule has 22 heavy (non-hydrogen) atoms. The standard InChI is InChI=1S/C15H22N2O4S/c1-17(22(2,20)21)10-14(18)16-11-15(19)8-7-12-5-3-4-6-13(12)9-15/h3-6,19H,7-11H2,1-2H3,(H,16,18). The quantitative estimate of drug-likeness (QED) is 0.792. The Bertz CT molecular complexity index is 659. The maximum absolute atomic E-state index is 11.8. The van der Waals surface area contributed by atoms with Gasteiger partial charge in [-0.2, -0.15) is 4.31 Å². The predicted octanol–water partition coefficient (Wildman–Crippen LogP) is -0.0860. The molecule has 1 unspecified atom stereocenters. The minimum atomic E-state index is -3.39. The molecular formula is C15H22N2O4S. The zero-order chi connectivity index (χ0) is 16.4. The Morgan fingerprint density at radius 1 is 1.36 bits per heavy atom. The van der Waals surface area contributed by atoms with E-state index in [9.17, 15) is 18.3 Å². The van der Waals surface area contributed by atoms with E-state index in [1.165, 1.54) is 12.6 Å². The van der Waals surface area contributed by atoms with E-state index in [4.69, 9.17) is 0 Å². The van der Waals surface area contributed by atoms with E-state index in [2.05, 4.69) is 11.4 Å². The number of benzene rings is 1. The molecule has 0 spiro atoms. The second kappa shape index (κ2) is 6.36. The van der Waals surface area contributed by atoms with Gasteiger partial charge in [0.1, 0.15) is 0 Å². The van der Waals surface area contributed by atoms with Crippen molar-refractivity contribution in [3.8, 4) is 0 Å². The summed E-state index contributed by atoms with van der Waals surface area (Å²) in [6.07, 6.45) is 2.88. The van der Waals surface area contributed by atoms with Gasteiger partial charge in [-0.1, -0.05) is 24.3 Å². The van der Waals surface area contributed by atoms with Gasteiger partial charge < -0.3 is 10.4 Å². The molecule has 6 nitrogen and oxygen atoms in total. The van der Waals surface area contributed by atoms with Gasteiger partial charge in [0.2, 0.25) is 15.9 Å². The lowest BCUT2D eigenvalue weighted by atomic mass is 9.80. The molecule has 0 aliphatic heterocycles. The fraction of sp³-hybridized carbons (Fsp3) is 0.533. The van der Waals surface area contributed by atoms with E-state index in [0.717, 1.165) is 22.5 Å². The van der Waals surface area contributed by atoms with Crippen molar-refractivity contribution in [1.82, 2.24) is 9.62 Å². The number of amides is 1. The molecular weight excluding hydrogens is 304 g/mol. The molecule has 2 N–H and O–H groups in total. The van der Waals surface area contributed by atoms with Crippen LogP contribution < -0.4 is 5.32 Å². The molecule has 1 atom stereocenters. The summed E-state index contributed by atoms with van der Waals surface area (Å²) in [5, 5.41) is 13.2. The summed E-state index contributed by atoms with van der Waals surface area (Å²) in [4.78, 5) is 11.8. The largest absolute Gasteiger partial charge is 0.388 e. The minimum absolute atomic E-state index is 0.123. The number of carbonyl (C=O) groups is 1. The van der Waals surface area contributed by atoms with E-state index >= 15 is 0 Å². The van der Waals surface area contributed by atoms with Crippen molar-refractivity contribution >= 4 is 15.9 Å². The zero-order valence-electron chi connectivity index (χ0n) is 12.9. The van der Waals surface area contributed by atoms with Crippen LogP contribution in [-0.2, 0) is 27.7 Å². The Hall–Kier alpha value is -1.44. The third-order valence-corrected chi connectivity index (χ3v) is 5.31. The van der Waals surface area contributed by atoms with Gasteiger partial charge in [0.05, 0.1) is 18.4 Å². The number of sulfonamides is 1. The van der Waals surface area contributed by atoms with Crippen LogP contribution in [0.4, 0.5) is 0 Å². The highest BCUT2D eigenvalue weighted by molar-refractivity contribution is 7.88. The number of fused-ring (bicyclic) bond motifs is 1. The summed E-state index contributed by atoms with van der Waals surface area (Å²) >= 11 is 0. The maximum atomic E-state index is 11.8. The maximum Gasteiger partial charge on any atom is 0.235 e. The molecule has 1 aromatic carbocycles. The van der Waals surface area contributed by atoms with Crippen LogP contribution >= 0.6 is 0 Å². The first-order chi connectivity index (χ1) is 10.2. The van der Waals surface area contributed by atoms with Gasteiger partial charge in [-0.15, -0.1) is 0 Å². The van der Waals surface area contributed by atoms with Crippen molar-refractivity contribution < 1.29 is 18.3 Å². The molecule has 0 saturated carbocycles. The average Bonchev–Trinajstić information content (AvgIpc) is 2.44. The highest BCUT2D eigenvalue weighted by Gasteiger charge is 2.32. The summed E-state index contributed by atoms with van der Waals surface area (Å²) in [6.45, 7) is -0.122. The van der Waals surface area contributed by atoms with Gasteiger partial charge in [0, 0.05) is 20.0 Å². The van der Waals surface area contributed by atoms with E-state index < -0.39 is 21.5 Å². The van der Waals surface area contributed by atoms with Gasteiger partial charge in [-0.25, -0.2) is 8.42 Å². The fourth-order valence-electron chi connectivity index (χ4n) is 2.57. The number of aryl methyl sites for hydroxylation is 1. The van der Waals surface area contributed by atoms with Crippen LogP contribution in [0.3, 0.4) is 0 Å². The summed E-state index contributed by atoms with van der Waals surface area (Å²) in [7, 11) is -2.04. The Morgan fingerprint density at radius 2 is 2.00 bits per heavy atom. The summed E-state index contributed by atoms with van der Waals surface area (Å²) < 4.78 is 23.5. The van der Waals surface area contributed by atoms with E-state index in [1.54, 1.807) is 0 Å². The first-order valence-corrected chi connectivity index (χ1v) is 9.02. The summed E-state index contributed by atoms with van der Waals surface area (Å²) in [5.74, 6) is -0.416. The number of nitrogens with one attached hydrogen (secondary N) is 1. The summed E-state index contributed by atoms with van der Waals surface area (Å²) in [6, 6.07) is 7.95. The molecule has 0 aromatic heterocycles. The van der Waals surface area contributed by atoms with Gasteiger partial charge in [0.25, 0.3) is 0 Å². The second-order valence-electron chi connectivity index (χ2n) is 5.97. The molecule has 0 saturated heterocycles. The molecule has 1 amide bonds. The van der Waals surface area contributed by atoms with Gasteiger partial charge in [0.15, 0.2) is 0 Å². The molecule has 1 aliphatic carbocycles. The molecule has 0 bridgehead atoms. The normalized spacial score (nSPS) is 21.5. The lowest BCUT2D eigenvalue weighted by Crippen LogP contribution is -2.48. The Morgan fingerprint density at radius 3 is 2.64 bits per heavy atom. The lowest BCUT2D eigenvalue weighted by Gasteiger charge is -2.33. The van der Waals surface area contributed by atoms with E-state index in [0.29, 0.717) is 12.8 Å². The van der Waals surface area contributed by atoms with Crippen LogP contribution in [0.1, 0.15) is 17.5 Å². The number of aliphatic hydroxyl groups is 1. The highest BCUT2D eigenvalue weighted by atomic mass is 32.2. The van der Waals surface area contributed by atoms with Crippen molar-refractivity contribution in [3.63, 3.8) is 0 Å². The molecule has 2 rings (SSSR count). The number of carbonyl (C=O) groups excluding carboxylic acids is 1. The number of nitrogens with zero attached hydrogens (tertiary/aromatic N) is 1. The number of hydrogen-bond acceptors (Lipinski definition) is 4. The third kappa shape index (κ3) is 4.28. The van der Waals surface area contributed by atoms with Crippen molar-refractivity contribution in [2.45, 2.75) is 24.9 Å². The Labute approximate surface area is 131 Å². The minimum Gasteiger partial charge on any atom is -0.388 e. The SMILES string of the molecule is CN(CC(=O)NCC1(O)CCc2ccccc2C1)S(C)(=O)=O. The van der Waals surface area contributed by atoms with Crippen molar-refractivity contribution in [3.05, 3.63) is 35.4 Å². The van der Waals surface area contributed by atoms with Crippen LogP contribution in [0, 0.1) is 0 Å². The van der Waals surface area contributed by atoms with Crippen LogP contribution in [0.5, 0.6) is 0 Å². The van der Waals surface area contributed by atoms with Gasteiger partial charge >= 0.3 is 0 Å². The van der Waals surface area contributed by atoms with Crippen LogP contribution in [0.2, 0.25) is 0 Å². The number of likely N-dealkylation sites (N-methyl/N-ethyl adjacent to an activating group) is 1. The average molecular weight is 326 g/mol. The summed E-state index contributed by atoms with van der Waals surface area (Å²) in [5.41, 5.74) is 1.35. The van der Waals surface area contributed by atoms with Crippen molar-refractivity contribution in [2.24, 2.45) is 0 Å². The smallest absolute Gasteiger partial charge is 0.235 e. The van der Waals surface area contributed by atoms with Crippen molar-refractivity contribution in [1.29, 1.82) is 0 Å². The van der Waals surface area contributed by atoms with Crippen LogP contribution in [0.15, 0.2) is 24.3 Å². The Kier molecular flexibility index (Phi) is 4.89. The van der Waals surface area contributed by atoms with Gasteiger partial charge in [-0.05, 0) is 24.0 Å². The zero-order valence-corrected chi connectivity index (χ0v) is 13.7. The van der Waals surface area contributed by atoms with Crippen molar-refractivity contribution in [2.75, 3.05) is 26.4 Å². The van der Waals surface area contributed by atoms with Crippen LogP contribution in [0.25, 0.3) is 0 Å². The van der Waals surface area contributed by atoms with E-state index in [-0.39, 0.29) is 13.1 Å². The first kappa shape index (κ1) is 16.9. The molecule has 0 radical (unpaired) electrons. The van der Waals surface area contributed by atoms with E-state index in [1.807, 2.05) is 18.2 Å². The molecule has 7 heteroatoms. The number of hydrogen-bond donors (Lipinski definition) is 2. The third-order valence-electron chi connectivity index (χ3n) is 4.04. The molecule has 0 fully saturated rings. The monoisotopic (exact) mass is 326 g/mol. The second-order valence-corrected chi connectivity index (χ2v) is 8.05. The lowest BCUT2D eigenvalue weighted by molar-refractivity contribution is -0.122. The highest BCUT2D eigenvalue weighted by Crippen LogP contribution is 2.28. The Balaban J connectivity index is 1.91. The molecule has 1 aromatic rings. The van der Waals surface area contributed by atoms with Gasteiger partial charge in [-0.3, -0.25) is 4.79 Å². The molecule has 0 heterocycles. The molecule has 1 aliphatic rings. The molecule has 122 valence electrons. The number of rotatable bonds is 5. The van der Waals surface area contributed by atoms with Crippen LogP contribution in [-0.4, -0.2) is 55.7 Å². The predicted molar refractivity (Wildman–Crippen MR) is 83.9 cm³/mol. The fourth-order valence-corrected chi connectivity index (χ4v) is 2.93. The topological polar surface area (TPSA) is 86.7 Å². The first-order valence-electron chi connectivity index (χ1n) is 7.17.